The van der Waals surface area contributed by atoms with E-state index in [2.05, 4.69) is 15.5 Å². The predicted molar refractivity (Wildman–Crippen MR) is 97.4 cm³/mol. The first-order valence-electron chi connectivity index (χ1n) is 7.87. The molecular formula is C19H17N3O4. The van der Waals surface area contributed by atoms with E-state index >= 15 is 0 Å². The number of nitrogens with one attached hydrogen (secondary N) is 2. The molecule has 7 heteroatoms. The third-order valence-corrected chi connectivity index (χ3v) is 3.55. The number of carbonyl (C=O) groups is 1. The van der Waals surface area contributed by atoms with Crippen LogP contribution in [-0.2, 0) is 4.79 Å². The van der Waals surface area contributed by atoms with Gasteiger partial charge in [-0.3, -0.25) is 9.59 Å². The molecule has 0 atom stereocenters. The summed E-state index contributed by atoms with van der Waals surface area (Å²) >= 11 is 0. The summed E-state index contributed by atoms with van der Waals surface area (Å²) in [7, 11) is 1.54. The summed E-state index contributed by atoms with van der Waals surface area (Å²) in [4.78, 5) is 23.2. The van der Waals surface area contributed by atoms with Gasteiger partial charge >= 0.3 is 0 Å². The number of rotatable bonds is 6. The molecule has 0 saturated carbocycles. The SMILES string of the molecule is COc1ccccc1OCC(=O)Nc1cccc(-c2ccc(=O)[nH]n2)c1. The van der Waals surface area contributed by atoms with Gasteiger partial charge in [0.2, 0.25) is 0 Å². The highest BCUT2D eigenvalue weighted by Gasteiger charge is 2.08. The topological polar surface area (TPSA) is 93.3 Å². The Balaban J connectivity index is 1.65. The zero-order chi connectivity index (χ0) is 18.4. The van der Waals surface area contributed by atoms with Gasteiger partial charge < -0.3 is 14.8 Å². The molecule has 26 heavy (non-hydrogen) atoms. The van der Waals surface area contributed by atoms with Crippen molar-refractivity contribution in [3.8, 4) is 22.8 Å². The Bertz CT molecular complexity index is 948. The van der Waals surface area contributed by atoms with Crippen molar-refractivity contribution in [1.82, 2.24) is 10.2 Å². The van der Waals surface area contributed by atoms with Crippen LogP contribution in [0, 0.1) is 0 Å². The molecule has 2 N–H and O–H groups in total. The first-order valence-corrected chi connectivity index (χ1v) is 7.87. The Hall–Kier alpha value is -3.61. The monoisotopic (exact) mass is 351 g/mol. The van der Waals surface area contributed by atoms with Crippen LogP contribution in [0.15, 0.2) is 65.5 Å². The number of anilines is 1. The lowest BCUT2D eigenvalue weighted by Crippen LogP contribution is -2.20. The van der Waals surface area contributed by atoms with Gasteiger partial charge in [0.05, 0.1) is 12.8 Å². The van der Waals surface area contributed by atoms with E-state index in [9.17, 15) is 9.59 Å². The van der Waals surface area contributed by atoms with Gasteiger partial charge in [0.15, 0.2) is 18.1 Å². The molecule has 0 spiro atoms. The molecule has 0 radical (unpaired) electrons. The maximum absolute atomic E-state index is 12.1. The number of nitrogens with zero attached hydrogens (tertiary/aromatic N) is 1. The fourth-order valence-corrected chi connectivity index (χ4v) is 2.34. The summed E-state index contributed by atoms with van der Waals surface area (Å²) in [5.41, 5.74) is 1.70. The third kappa shape index (κ3) is 4.27. The number of para-hydroxylation sites is 2. The second-order valence-corrected chi connectivity index (χ2v) is 5.37. The number of aromatic nitrogens is 2. The lowest BCUT2D eigenvalue weighted by Gasteiger charge is -2.11. The molecule has 0 bridgehead atoms. The molecule has 0 aliphatic heterocycles. The average Bonchev–Trinajstić information content (AvgIpc) is 2.67. The van der Waals surface area contributed by atoms with Crippen LogP contribution >= 0.6 is 0 Å². The maximum Gasteiger partial charge on any atom is 0.264 e. The smallest absolute Gasteiger partial charge is 0.264 e. The van der Waals surface area contributed by atoms with Crippen LogP contribution in [0.25, 0.3) is 11.3 Å². The van der Waals surface area contributed by atoms with Crippen molar-refractivity contribution in [3.05, 3.63) is 71.0 Å². The average molecular weight is 351 g/mol. The Morgan fingerprint density at radius 2 is 1.88 bits per heavy atom. The molecule has 0 aliphatic rings. The Morgan fingerprint density at radius 1 is 1.08 bits per heavy atom. The molecule has 1 amide bonds. The van der Waals surface area contributed by atoms with E-state index < -0.39 is 0 Å². The van der Waals surface area contributed by atoms with Crippen LogP contribution in [0.4, 0.5) is 5.69 Å². The van der Waals surface area contributed by atoms with Gasteiger partial charge in [0.1, 0.15) is 0 Å². The molecule has 132 valence electrons. The minimum Gasteiger partial charge on any atom is -0.493 e. The highest BCUT2D eigenvalue weighted by Crippen LogP contribution is 2.25. The van der Waals surface area contributed by atoms with E-state index in [1.807, 2.05) is 12.1 Å². The van der Waals surface area contributed by atoms with Crippen LogP contribution in [0.1, 0.15) is 0 Å². The van der Waals surface area contributed by atoms with E-state index in [-0.39, 0.29) is 18.1 Å². The molecule has 1 heterocycles. The number of benzene rings is 2. The van der Waals surface area contributed by atoms with Crippen LogP contribution in [0.2, 0.25) is 0 Å². The standard InChI is InChI=1S/C19H17N3O4/c1-25-16-7-2-3-8-17(16)26-12-19(24)20-14-6-4-5-13(11-14)15-9-10-18(23)22-21-15/h2-11H,12H2,1H3,(H,20,24)(H,22,23). The summed E-state index contributed by atoms with van der Waals surface area (Å²) in [6.45, 7) is -0.151. The minimum absolute atomic E-state index is 0.151. The van der Waals surface area contributed by atoms with Gasteiger partial charge in [-0.1, -0.05) is 24.3 Å². The lowest BCUT2D eigenvalue weighted by atomic mass is 10.1. The molecular weight excluding hydrogens is 334 g/mol. The van der Waals surface area contributed by atoms with E-state index in [0.717, 1.165) is 5.56 Å². The summed E-state index contributed by atoms with van der Waals surface area (Å²) in [6.07, 6.45) is 0. The molecule has 0 saturated heterocycles. The molecule has 1 aromatic heterocycles. The van der Waals surface area contributed by atoms with E-state index in [1.54, 1.807) is 49.6 Å². The van der Waals surface area contributed by atoms with Gasteiger partial charge in [-0.05, 0) is 30.3 Å². The highest BCUT2D eigenvalue weighted by atomic mass is 16.5. The number of hydrogen-bond donors (Lipinski definition) is 2. The number of H-pyrrole nitrogens is 1. The van der Waals surface area contributed by atoms with Crippen molar-refractivity contribution in [2.45, 2.75) is 0 Å². The van der Waals surface area contributed by atoms with Crippen molar-refractivity contribution in [2.24, 2.45) is 0 Å². The zero-order valence-electron chi connectivity index (χ0n) is 14.1. The highest BCUT2D eigenvalue weighted by molar-refractivity contribution is 5.92. The van der Waals surface area contributed by atoms with Crippen LogP contribution in [-0.4, -0.2) is 29.8 Å². The molecule has 0 fully saturated rings. The van der Waals surface area contributed by atoms with E-state index in [1.165, 1.54) is 6.07 Å². The second-order valence-electron chi connectivity index (χ2n) is 5.37. The van der Waals surface area contributed by atoms with E-state index in [4.69, 9.17) is 9.47 Å². The van der Waals surface area contributed by atoms with Crippen LogP contribution in [0.3, 0.4) is 0 Å². The number of hydrogen-bond acceptors (Lipinski definition) is 5. The minimum atomic E-state index is -0.303. The van der Waals surface area contributed by atoms with Crippen molar-refractivity contribution in [2.75, 3.05) is 19.0 Å². The first-order chi connectivity index (χ1) is 12.7. The van der Waals surface area contributed by atoms with Crippen molar-refractivity contribution >= 4 is 11.6 Å². The van der Waals surface area contributed by atoms with Crippen molar-refractivity contribution in [3.63, 3.8) is 0 Å². The van der Waals surface area contributed by atoms with Crippen molar-refractivity contribution in [1.29, 1.82) is 0 Å². The molecule has 3 aromatic rings. The summed E-state index contributed by atoms with van der Waals surface area (Å²) in [5.74, 6) is 0.755. The van der Waals surface area contributed by atoms with Crippen LogP contribution in [0.5, 0.6) is 11.5 Å². The fourth-order valence-electron chi connectivity index (χ4n) is 2.34. The van der Waals surface area contributed by atoms with Crippen molar-refractivity contribution < 1.29 is 14.3 Å². The lowest BCUT2D eigenvalue weighted by molar-refractivity contribution is -0.118. The third-order valence-electron chi connectivity index (χ3n) is 3.55. The second kappa shape index (κ2) is 7.98. The summed E-state index contributed by atoms with van der Waals surface area (Å²) in [5, 5.41) is 9.12. The van der Waals surface area contributed by atoms with Gasteiger partial charge in [-0.2, -0.15) is 5.10 Å². The molecule has 0 aliphatic carbocycles. The number of amides is 1. The van der Waals surface area contributed by atoms with E-state index in [0.29, 0.717) is 22.9 Å². The maximum atomic E-state index is 12.1. The fraction of sp³-hybridized carbons (Fsp3) is 0.105. The normalized spacial score (nSPS) is 10.2. The largest absolute Gasteiger partial charge is 0.493 e. The van der Waals surface area contributed by atoms with Gasteiger partial charge in [0, 0.05) is 17.3 Å². The number of methoxy groups -OCH3 is 1. The first kappa shape index (κ1) is 17.2. The number of aromatic amines is 1. The molecule has 2 aromatic carbocycles. The van der Waals surface area contributed by atoms with Gasteiger partial charge in [-0.25, -0.2) is 5.10 Å². The summed E-state index contributed by atoms with van der Waals surface area (Å²) in [6, 6.07) is 17.3. The van der Waals surface area contributed by atoms with Crippen LogP contribution < -0.4 is 20.3 Å². The van der Waals surface area contributed by atoms with Gasteiger partial charge in [-0.15, -0.1) is 0 Å². The quantitative estimate of drug-likeness (QED) is 0.712. The number of ether oxygens (including phenoxy) is 2. The summed E-state index contributed by atoms with van der Waals surface area (Å²) < 4.78 is 10.7. The predicted octanol–water partition coefficient (Wildman–Crippen LogP) is 2.46. The molecule has 7 nitrogen and oxygen atoms in total. The number of carbonyl (C=O) groups excluding carboxylic acids is 1. The Morgan fingerprint density at radius 3 is 2.62 bits per heavy atom. The van der Waals surface area contributed by atoms with Gasteiger partial charge in [0.25, 0.3) is 11.5 Å². The Labute approximate surface area is 149 Å². The zero-order valence-corrected chi connectivity index (χ0v) is 14.1. The Kier molecular flexibility index (Phi) is 5.28. The molecule has 0 unspecified atom stereocenters. The molecule has 3 rings (SSSR count).